The lowest BCUT2D eigenvalue weighted by Gasteiger charge is -2.16. The van der Waals surface area contributed by atoms with Gasteiger partial charge in [0.15, 0.2) is 0 Å². The van der Waals surface area contributed by atoms with E-state index in [4.69, 9.17) is 4.74 Å². The third kappa shape index (κ3) is 8.53. The number of benzene rings is 2. The molecule has 0 radical (unpaired) electrons. The number of alkyl halides is 2. The Hall–Kier alpha value is -2.06. The zero-order chi connectivity index (χ0) is 22.5. The van der Waals surface area contributed by atoms with E-state index in [2.05, 4.69) is 5.32 Å². The van der Waals surface area contributed by atoms with E-state index in [1.807, 2.05) is 0 Å². The van der Waals surface area contributed by atoms with Gasteiger partial charge in [0.1, 0.15) is 5.75 Å². The summed E-state index contributed by atoms with van der Waals surface area (Å²) in [4.78, 5) is 0. The summed E-state index contributed by atoms with van der Waals surface area (Å²) in [6.45, 7) is 1.24. The number of hydrogen-bond acceptors (Lipinski definition) is 5. The fourth-order valence-electron chi connectivity index (χ4n) is 3.36. The van der Waals surface area contributed by atoms with Crippen LogP contribution in [0.5, 0.6) is 5.75 Å². The molecule has 31 heavy (non-hydrogen) atoms. The van der Waals surface area contributed by atoms with E-state index >= 15 is 0 Å². The molecule has 0 aromatic heterocycles. The summed E-state index contributed by atoms with van der Waals surface area (Å²) >= 11 is 0. The molecule has 0 spiro atoms. The van der Waals surface area contributed by atoms with E-state index in [-0.39, 0.29) is 30.9 Å². The largest absolute Gasteiger partial charge is 0.508 e. The summed E-state index contributed by atoms with van der Waals surface area (Å²) in [6.07, 6.45) is 2.53. The van der Waals surface area contributed by atoms with Gasteiger partial charge in [0.2, 0.25) is 0 Å². The quantitative estimate of drug-likeness (QED) is 0.313. The predicted octanol–water partition coefficient (Wildman–Crippen LogP) is 4.27. The molecule has 0 saturated heterocycles. The lowest BCUT2D eigenvalue weighted by Crippen LogP contribution is -2.23. The number of phenols is 1. The van der Waals surface area contributed by atoms with Gasteiger partial charge >= 0.3 is 0 Å². The first kappa shape index (κ1) is 25.2. The van der Waals surface area contributed by atoms with Crippen molar-refractivity contribution in [1.82, 2.24) is 5.32 Å². The topological polar surface area (TPSA) is 82.0 Å². The van der Waals surface area contributed by atoms with Gasteiger partial charge in [-0.2, -0.15) is 0 Å². The molecule has 0 aliphatic rings. The normalized spacial score (nSPS) is 12.8. The molecule has 172 valence electrons. The minimum atomic E-state index is -2.87. The first-order valence-electron chi connectivity index (χ1n) is 10.8. The first-order valence-corrected chi connectivity index (χ1v) is 10.8. The third-order valence-corrected chi connectivity index (χ3v) is 5.19. The van der Waals surface area contributed by atoms with Gasteiger partial charge in [-0.15, -0.1) is 0 Å². The number of ether oxygens (including phenoxy) is 1. The zero-order valence-electron chi connectivity index (χ0n) is 17.8. The van der Waals surface area contributed by atoms with Crippen molar-refractivity contribution in [3.63, 3.8) is 0 Å². The van der Waals surface area contributed by atoms with Crippen LogP contribution < -0.4 is 5.32 Å². The Labute approximate surface area is 182 Å². The Morgan fingerprint density at radius 3 is 2.42 bits per heavy atom. The molecule has 2 aromatic carbocycles. The van der Waals surface area contributed by atoms with E-state index in [0.717, 1.165) is 32.2 Å². The summed E-state index contributed by atoms with van der Waals surface area (Å²) in [5.41, 5.74) is 0.885. The summed E-state index contributed by atoms with van der Waals surface area (Å²) in [6, 6.07) is 12.6. The van der Waals surface area contributed by atoms with Gasteiger partial charge in [0.05, 0.1) is 19.3 Å². The fraction of sp³-hybridized carbons (Fsp3) is 0.500. The van der Waals surface area contributed by atoms with Crippen molar-refractivity contribution in [1.29, 1.82) is 0 Å². The van der Waals surface area contributed by atoms with Crippen LogP contribution in [-0.2, 0) is 17.3 Å². The maximum atomic E-state index is 14.0. The first-order chi connectivity index (χ1) is 15.0. The number of halogens is 2. The highest BCUT2D eigenvalue weighted by Crippen LogP contribution is 2.31. The maximum absolute atomic E-state index is 14.0. The second-order valence-electron chi connectivity index (χ2n) is 7.57. The molecule has 4 N–H and O–H groups in total. The van der Waals surface area contributed by atoms with Gasteiger partial charge in [0, 0.05) is 30.7 Å². The Morgan fingerprint density at radius 1 is 0.935 bits per heavy atom. The number of hydrogen-bond donors (Lipinski definition) is 4. The van der Waals surface area contributed by atoms with Crippen LogP contribution in [-0.4, -0.2) is 41.6 Å². The van der Waals surface area contributed by atoms with Crippen molar-refractivity contribution in [2.45, 2.75) is 50.7 Å². The number of rotatable bonds is 15. The number of unbranched alkanes of at least 4 members (excludes halogenated alkanes) is 3. The van der Waals surface area contributed by atoms with Crippen molar-refractivity contribution in [3.8, 4) is 5.75 Å². The molecule has 0 aliphatic heterocycles. The van der Waals surface area contributed by atoms with Crippen LogP contribution in [0.15, 0.2) is 48.5 Å². The van der Waals surface area contributed by atoms with Gasteiger partial charge in [-0.3, -0.25) is 0 Å². The van der Waals surface area contributed by atoms with Crippen LogP contribution in [0.4, 0.5) is 8.78 Å². The highest BCUT2D eigenvalue weighted by Gasteiger charge is 2.30. The number of nitrogens with one attached hydrogen (secondary N) is 1. The van der Waals surface area contributed by atoms with Crippen LogP contribution in [0.3, 0.4) is 0 Å². The predicted molar refractivity (Wildman–Crippen MR) is 116 cm³/mol. The molecule has 2 aromatic rings. The molecule has 0 aliphatic carbocycles. The second-order valence-corrected chi connectivity index (χ2v) is 7.57. The molecule has 5 nitrogen and oxygen atoms in total. The van der Waals surface area contributed by atoms with Crippen LogP contribution in [0, 0.1) is 0 Å². The van der Waals surface area contributed by atoms with Crippen LogP contribution >= 0.6 is 0 Å². The molecular formula is C24H33F2NO4. The molecule has 7 heteroatoms. The monoisotopic (exact) mass is 437 g/mol. The van der Waals surface area contributed by atoms with Crippen molar-refractivity contribution in [3.05, 3.63) is 65.2 Å². The fourth-order valence-corrected chi connectivity index (χ4v) is 3.36. The highest BCUT2D eigenvalue weighted by molar-refractivity contribution is 5.40. The molecule has 0 saturated carbocycles. The van der Waals surface area contributed by atoms with Gasteiger partial charge < -0.3 is 25.4 Å². The van der Waals surface area contributed by atoms with Crippen molar-refractivity contribution >= 4 is 0 Å². The zero-order valence-corrected chi connectivity index (χ0v) is 17.8. The highest BCUT2D eigenvalue weighted by atomic mass is 19.3. The van der Waals surface area contributed by atoms with E-state index in [1.54, 1.807) is 30.3 Å². The van der Waals surface area contributed by atoms with Gasteiger partial charge in [-0.25, -0.2) is 8.78 Å². The second kappa shape index (κ2) is 13.4. The number of aromatic hydroxyl groups is 1. The Kier molecular flexibility index (Phi) is 10.9. The van der Waals surface area contributed by atoms with E-state index in [9.17, 15) is 24.1 Å². The van der Waals surface area contributed by atoms with Gasteiger partial charge in [0.25, 0.3) is 5.92 Å². The molecule has 0 fully saturated rings. The Balaban J connectivity index is 1.48. The van der Waals surface area contributed by atoms with Crippen molar-refractivity contribution in [2.24, 2.45) is 0 Å². The van der Waals surface area contributed by atoms with Gasteiger partial charge in [-0.1, -0.05) is 55.3 Å². The lowest BCUT2D eigenvalue weighted by atomic mass is 10.0. The summed E-state index contributed by atoms with van der Waals surface area (Å²) in [5.74, 6) is -2.89. The molecule has 1 unspecified atom stereocenters. The Morgan fingerprint density at radius 2 is 1.68 bits per heavy atom. The standard InChI is InChI=1S/C24H33F2NO4/c25-24(26,19-9-4-3-5-10-19)13-16-31-15-7-2-1-6-14-27-17-23(30)20-11-8-12-22(29)21(20)18-28/h3-5,8-12,23,27-30H,1-2,6-7,13-18H2. The maximum Gasteiger partial charge on any atom is 0.275 e. The van der Waals surface area contributed by atoms with Crippen molar-refractivity contribution < 1.29 is 28.8 Å². The minimum Gasteiger partial charge on any atom is -0.508 e. The molecule has 1 atom stereocenters. The number of aliphatic hydroxyl groups excluding tert-OH is 2. The smallest absolute Gasteiger partial charge is 0.275 e. The van der Waals surface area contributed by atoms with E-state index < -0.39 is 12.0 Å². The SMILES string of the molecule is OCc1c(O)cccc1C(O)CNCCCCCCOCCC(F)(F)c1ccccc1. The lowest BCUT2D eigenvalue weighted by molar-refractivity contribution is -0.0388. The van der Waals surface area contributed by atoms with Crippen LogP contribution in [0.2, 0.25) is 0 Å². The molecule has 0 heterocycles. The number of aliphatic hydroxyl groups is 2. The molecule has 2 rings (SSSR count). The van der Waals surface area contributed by atoms with E-state index in [0.29, 0.717) is 24.3 Å². The molecular weight excluding hydrogens is 404 g/mol. The summed E-state index contributed by atoms with van der Waals surface area (Å²) < 4.78 is 33.4. The van der Waals surface area contributed by atoms with Crippen LogP contribution in [0.1, 0.15) is 54.9 Å². The van der Waals surface area contributed by atoms with Crippen molar-refractivity contribution in [2.75, 3.05) is 26.3 Å². The molecule has 0 amide bonds. The van der Waals surface area contributed by atoms with E-state index in [1.165, 1.54) is 18.2 Å². The average Bonchev–Trinajstić information content (AvgIpc) is 2.77. The van der Waals surface area contributed by atoms with Crippen LogP contribution in [0.25, 0.3) is 0 Å². The average molecular weight is 438 g/mol. The summed E-state index contributed by atoms with van der Waals surface area (Å²) in [5, 5.41) is 32.5. The van der Waals surface area contributed by atoms with Gasteiger partial charge in [-0.05, 0) is 31.0 Å². The Bertz CT molecular complexity index is 758. The molecule has 0 bridgehead atoms. The minimum absolute atomic E-state index is 0.0212. The third-order valence-electron chi connectivity index (χ3n) is 5.19. The summed E-state index contributed by atoms with van der Waals surface area (Å²) in [7, 11) is 0.